The van der Waals surface area contributed by atoms with Crippen molar-refractivity contribution in [3.8, 4) is 6.07 Å². The van der Waals surface area contributed by atoms with Crippen molar-refractivity contribution >= 4 is 0 Å². The van der Waals surface area contributed by atoms with Crippen LogP contribution in [0.5, 0.6) is 0 Å². The maximum Gasteiger partial charge on any atom is 0.106 e. The van der Waals surface area contributed by atoms with Crippen LogP contribution in [-0.2, 0) is 9.47 Å². The zero-order chi connectivity index (χ0) is 13.0. The van der Waals surface area contributed by atoms with Crippen molar-refractivity contribution in [1.82, 2.24) is 5.32 Å². The highest BCUT2D eigenvalue weighted by Gasteiger charge is 2.34. The highest BCUT2D eigenvalue weighted by molar-refractivity contribution is 5.07. The molecular formula is C14H24N2O2. The smallest absolute Gasteiger partial charge is 0.106 e. The number of hydrogen-bond acceptors (Lipinski definition) is 4. The Morgan fingerprint density at radius 3 is 2.83 bits per heavy atom. The molecule has 3 atom stereocenters. The molecule has 2 fully saturated rings. The maximum absolute atomic E-state index is 9.30. The largest absolute Gasteiger partial charge is 0.381 e. The zero-order valence-corrected chi connectivity index (χ0v) is 11.4. The molecule has 0 bridgehead atoms. The molecule has 4 heteroatoms. The minimum Gasteiger partial charge on any atom is -0.381 e. The molecule has 1 aliphatic heterocycles. The van der Waals surface area contributed by atoms with Gasteiger partial charge in [-0.2, -0.15) is 5.26 Å². The summed E-state index contributed by atoms with van der Waals surface area (Å²) in [6, 6.07) is 2.94. The molecule has 1 aliphatic carbocycles. The average Bonchev–Trinajstić information content (AvgIpc) is 2.98. The molecular weight excluding hydrogens is 228 g/mol. The van der Waals surface area contributed by atoms with Crippen LogP contribution < -0.4 is 5.32 Å². The van der Waals surface area contributed by atoms with E-state index in [0.717, 1.165) is 32.7 Å². The lowest BCUT2D eigenvalue weighted by Crippen LogP contribution is -2.45. The average molecular weight is 252 g/mol. The first kappa shape index (κ1) is 13.8. The predicted octanol–water partition coefficient (Wildman–Crippen LogP) is 1.85. The minimum atomic E-state index is -0.452. The fraction of sp³-hybridized carbons (Fsp3) is 0.929. The van der Waals surface area contributed by atoms with Gasteiger partial charge in [-0.15, -0.1) is 0 Å². The van der Waals surface area contributed by atoms with E-state index in [2.05, 4.69) is 18.3 Å². The summed E-state index contributed by atoms with van der Waals surface area (Å²) in [5.41, 5.74) is -0.452. The van der Waals surface area contributed by atoms with Crippen LogP contribution in [0.4, 0.5) is 0 Å². The Kier molecular flexibility index (Phi) is 4.60. The second kappa shape index (κ2) is 6.01. The SMILES string of the molecule is CC(CC(C)(C#N)NC1CC1)OCC1CCOC1. The van der Waals surface area contributed by atoms with Crippen LogP contribution in [-0.4, -0.2) is 37.5 Å². The first-order chi connectivity index (χ1) is 8.61. The Bertz CT molecular complexity index is 305. The first-order valence-electron chi connectivity index (χ1n) is 6.99. The van der Waals surface area contributed by atoms with Gasteiger partial charge >= 0.3 is 0 Å². The van der Waals surface area contributed by atoms with E-state index in [1.807, 2.05) is 6.92 Å². The summed E-state index contributed by atoms with van der Waals surface area (Å²) in [4.78, 5) is 0. The molecule has 0 aromatic rings. The molecule has 2 aliphatic rings. The molecule has 1 heterocycles. The highest BCUT2D eigenvalue weighted by Crippen LogP contribution is 2.25. The summed E-state index contributed by atoms with van der Waals surface area (Å²) in [6.45, 7) is 6.47. The molecule has 0 aromatic heterocycles. The van der Waals surface area contributed by atoms with Crippen molar-refractivity contribution in [3.05, 3.63) is 0 Å². The Morgan fingerprint density at radius 2 is 2.28 bits per heavy atom. The molecule has 1 saturated carbocycles. The molecule has 2 rings (SSSR count). The second-order valence-corrected chi connectivity index (χ2v) is 5.94. The van der Waals surface area contributed by atoms with E-state index in [0.29, 0.717) is 12.0 Å². The number of hydrogen-bond donors (Lipinski definition) is 1. The van der Waals surface area contributed by atoms with Crippen molar-refractivity contribution < 1.29 is 9.47 Å². The fourth-order valence-electron chi connectivity index (χ4n) is 2.46. The molecule has 4 nitrogen and oxygen atoms in total. The van der Waals surface area contributed by atoms with Crippen LogP contribution in [0.1, 0.15) is 39.5 Å². The van der Waals surface area contributed by atoms with E-state index >= 15 is 0 Å². The summed E-state index contributed by atoms with van der Waals surface area (Å²) >= 11 is 0. The van der Waals surface area contributed by atoms with Gasteiger partial charge in [-0.05, 0) is 33.1 Å². The molecule has 0 amide bonds. The van der Waals surface area contributed by atoms with Crippen LogP contribution in [0, 0.1) is 17.2 Å². The standard InChI is InChI=1S/C14H24N2O2/c1-11(18-9-12-5-6-17-8-12)7-14(2,10-15)16-13-3-4-13/h11-13,16H,3-9H2,1-2H3. The second-order valence-electron chi connectivity index (χ2n) is 5.94. The van der Waals surface area contributed by atoms with Gasteiger partial charge in [0.1, 0.15) is 5.54 Å². The molecule has 0 radical (unpaired) electrons. The van der Waals surface area contributed by atoms with Gasteiger partial charge in [-0.25, -0.2) is 0 Å². The van der Waals surface area contributed by atoms with Gasteiger partial charge in [0, 0.05) is 25.0 Å². The number of nitrogens with one attached hydrogen (secondary N) is 1. The third kappa shape index (κ3) is 4.24. The van der Waals surface area contributed by atoms with Gasteiger partial charge in [0.25, 0.3) is 0 Å². The normalized spacial score (nSPS) is 28.6. The number of ether oxygens (including phenoxy) is 2. The fourth-order valence-corrected chi connectivity index (χ4v) is 2.46. The Morgan fingerprint density at radius 1 is 1.50 bits per heavy atom. The van der Waals surface area contributed by atoms with Crippen LogP contribution in [0.3, 0.4) is 0 Å². The highest BCUT2D eigenvalue weighted by atomic mass is 16.5. The van der Waals surface area contributed by atoms with Crippen LogP contribution >= 0.6 is 0 Å². The van der Waals surface area contributed by atoms with Crippen molar-refractivity contribution in [2.24, 2.45) is 5.92 Å². The summed E-state index contributed by atoms with van der Waals surface area (Å²) in [5, 5.41) is 12.7. The summed E-state index contributed by atoms with van der Waals surface area (Å²) < 4.78 is 11.2. The number of nitriles is 1. The topological polar surface area (TPSA) is 54.3 Å². The lowest BCUT2D eigenvalue weighted by atomic mass is 9.96. The van der Waals surface area contributed by atoms with E-state index < -0.39 is 5.54 Å². The van der Waals surface area contributed by atoms with Gasteiger partial charge in [0.05, 0.1) is 25.4 Å². The monoisotopic (exact) mass is 252 g/mol. The minimum absolute atomic E-state index is 0.112. The van der Waals surface area contributed by atoms with Crippen molar-refractivity contribution in [2.75, 3.05) is 19.8 Å². The molecule has 0 aromatic carbocycles. The lowest BCUT2D eigenvalue weighted by molar-refractivity contribution is 0.0223. The van der Waals surface area contributed by atoms with Gasteiger partial charge < -0.3 is 9.47 Å². The molecule has 1 saturated heterocycles. The summed E-state index contributed by atoms with van der Waals surface area (Å²) in [5.74, 6) is 0.539. The van der Waals surface area contributed by atoms with E-state index in [1.54, 1.807) is 0 Å². The maximum atomic E-state index is 9.30. The van der Waals surface area contributed by atoms with E-state index in [9.17, 15) is 5.26 Å². The van der Waals surface area contributed by atoms with Crippen LogP contribution in [0.25, 0.3) is 0 Å². The number of rotatable bonds is 7. The number of nitrogens with zero attached hydrogens (tertiary/aromatic N) is 1. The Balaban J connectivity index is 1.70. The molecule has 18 heavy (non-hydrogen) atoms. The van der Waals surface area contributed by atoms with Gasteiger partial charge in [-0.1, -0.05) is 0 Å². The molecule has 1 N–H and O–H groups in total. The Hall–Kier alpha value is -0.630. The zero-order valence-electron chi connectivity index (χ0n) is 11.4. The van der Waals surface area contributed by atoms with Crippen LogP contribution in [0.2, 0.25) is 0 Å². The van der Waals surface area contributed by atoms with E-state index in [-0.39, 0.29) is 6.10 Å². The van der Waals surface area contributed by atoms with E-state index in [1.165, 1.54) is 12.8 Å². The molecule has 3 unspecified atom stereocenters. The van der Waals surface area contributed by atoms with Crippen molar-refractivity contribution in [2.45, 2.75) is 57.2 Å². The van der Waals surface area contributed by atoms with Crippen LogP contribution in [0.15, 0.2) is 0 Å². The summed E-state index contributed by atoms with van der Waals surface area (Å²) in [6.07, 6.45) is 4.36. The van der Waals surface area contributed by atoms with Gasteiger partial charge in [-0.3, -0.25) is 5.32 Å². The Labute approximate surface area is 110 Å². The third-order valence-electron chi connectivity index (χ3n) is 3.68. The third-order valence-corrected chi connectivity index (χ3v) is 3.68. The predicted molar refractivity (Wildman–Crippen MR) is 69.1 cm³/mol. The lowest BCUT2D eigenvalue weighted by Gasteiger charge is -2.27. The van der Waals surface area contributed by atoms with Gasteiger partial charge in [0.2, 0.25) is 0 Å². The molecule has 0 spiro atoms. The van der Waals surface area contributed by atoms with Gasteiger partial charge in [0.15, 0.2) is 0 Å². The van der Waals surface area contributed by atoms with Crippen molar-refractivity contribution in [3.63, 3.8) is 0 Å². The quantitative estimate of drug-likeness (QED) is 0.751. The van der Waals surface area contributed by atoms with Crippen molar-refractivity contribution in [1.29, 1.82) is 5.26 Å². The van der Waals surface area contributed by atoms with E-state index in [4.69, 9.17) is 9.47 Å². The first-order valence-corrected chi connectivity index (χ1v) is 6.99. The molecule has 102 valence electrons. The summed E-state index contributed by atoms with van der Waals surface area (Å²) in [7, 11) is 0.